The molecule has 1 saturated carbocycles. The van der Waals surface area contributed by atoms with Gasteiger partial charge in [0.05, 0.1) is 7.11 Å². The van der Waals surface area contributed by atoms with Crippen molar-refractivity contribution in [3.05, 3.63) is 23.9 Å². The lowest BCUT2D eigenvalue weighted by molar-refractivity contribution is -0.135. The summed E-state index contributed by atoms with van der Waals surface area (Å²) in [6.07, 6.45) is 3.38. The molecule has 0 unspecified atom stereocenters. The molecule has 0 amide bonds. The van der Waals surface area contributed by atoms with Crippen molar-refractivity contribution >= 4 is 17.8 Å². The summed E-state index contributed by atoms with van der Waals surface area (Å²) in [5, 5.41) is 8.92. The molecule has 1 heterocycles. The Hall–Kier alpha value is -2.11. The van der Waals surface area contributed by atoms with Crippen LogP contribution < -0.4 is 4.90 Å². The lowest BCUT2D eigenvalue weighted by atomic mass is 10.2. The fraction of sp³-hybridized carbons (Fsp3) is 0.417. The first-order valence-electron chi connectivity index (χ1n) is 5.65. The Kier molecular flexibility index (Phi) is 3.45. The number of methoxy groups -OCH3 is 1. The van der Waals surface area contributed by atoms with Crippen molar-refractivity contribution in [2.24, 2.45) is 0 Å². The number of esters is 1. The Morgan fingerprint density at radius 3 is 2.83 bits per heavy atom. The molecule has 0 spiro atoms. The molecule has 0 radical (unpaired) electrons. The number of aliphatic carboxylic acids is 1. The third-order valence-corrected chi connectivity index (χ3v) is 2.76. The minimum Gasteiger partial charge on any atom is -0.480 e. The van der Waals surface area contributed by atoms with Gasteiger partial charge in [0.25, 0.3) is 0 Å². The normalized spacial score (nSPS) is 14.1. The van der Waals surface area contributed by atoms with Crippen LogP contribution in [0.4, 0.5) is 5.82 Å². The second kappa shape index (κ2) is 5.03. The molecule has 1 aliphatic carbocycles. The second-order valence-electron chi connectivity index (χ2n) is 4.12. The molecule has 1 aromatic heterocycles. The van der Waals surface area contributed by atoms with Gasteiger partial charge < -0.3 is 14.7 Å². The third kappa shape index (κ3) is 2.58. The fourth-order valence-corrected chi connectivity index (χ4v) is 1.80. The highest BCUT2D eigenvalue weighted by atomic mass is 16.5. The first kappa shape index (κ1) is 12.3. The summed E-state index contributed by atoms with van der Waals surface area (Å²) < 4.78 is 4.68. The number of carbonyl (C=O) groups excluding carboxylic acids is 1. The van der Waals surface area contributed by atoms with E-state index in [0.717, 1.165) is 12.8 Å². The molecule has 18 heavy (non-hydrogen) atoms. The van der Waals surface area contributed by atoms with Crippen molar-refractivity contribution in [3.8, 4) is 0 Å². The third-order valence-electron chi connectivity index (χ3n) is 2.76. The molecular weight excluding hydrogens is 236 g/mol. The zero-order valence-corrected chi connectivity index (χ0v) is 10.00. The molecule has 0 bridgehead atoms. The van der Waals surface area contributed by atoms with E-state index in [1.54, 1.807) is 23.2 Å². The Labute approximate surface area is 104 Å². The zero-order chi connectivity index (χ0) is 13.1. The molecule has 1 aromatic rings. The van der Waals surface area contributed by atoms with E-state index in [9.17, 15) is 9.59 Å². The molecule has 1 aliphatic rings. The number of rotatable bonds is 5. The van der Waals surface area contributed by atoms with Crippen molar-refractivity contribution in [3.63, 3.8) is 0 Å². The lowest BCUT2D eigenvalue weighted by Crippen LogP contribution is -2.33. The Balaban J connectivity index is 2.34. The summed E-state index contributed by atoms with van der Waals surface area (Å²) >= 11 is 0. The molecule has 0 aromatic carbocycles. The van der Waals surface area contributed by atoms with Gasteiger partial charge in [-0.05, 0) is 25.0 Å². The highest BCUT2D eigenvalue weighted by Crippen LogP contribution is 2.32. The molecule has 0 saturated heterocycles. The van der Waals surface area contributed by atoms with E-state index in [-0.39, 0.29) is 12.6 Å². The SMILES string of the molecule is COC(=O)c1cccnc1N(CC(=O)O)C1CC1. The fourth-order valence-electron chi connectivity index (χ4n) is 1.80. The van der Waals surface area contributed by atoms with Crippen LogP contribution in [0.3, 0.4) is 0 Å². The van der Waals surface area contributed by atoms with Gasteiger partial charge in [-0.1, -0.05) is 0 Å². The van der Waals surface area contributed by atoms with Crippen LogP contribution in [-0.4, -0.2) is 41.7 Å². The van der Waals surface area contributed by atoms with E-state index < -0.39 is 11.9 Å². The van der Waals surface area contributed by atoms with Crippen LogP contribution >= 0.6 is 0 Å². The van der Waals surface area contributed by atoms with Crippen molar-refractivity contribution in [1.29, 1.82) is 0 Å². The van der Waals surface area contributed by atoms with Crippen molar-refractivity contribution in [1.82, 2.24) is 4.98 Å². The smallest absolute Gasteiger partial charge is 0.341 e. The quantitative estimate of drug-likeness (QED) is 0.783. The highest BCUT2D eigenvalue weighted by molar-refractivity contribution is 5.95. The monoisotopic (exact) mass is 250 g/mol. The van der Waals surface area contributed by atoms with E-state index >= 15 is 0 Å². The molecule has 0 aliphatic heterocycles. The number of aromatic nitrogens is 1. The van der Waals surface area contributed by atoms with E-state index in [4.69, 9.17) is 5.11 Å². The van der Waals surface area contributed by atoms with Crippen molar-refractivity contribution in [2.45, 2.75) is 18.9 Å². The first-order valence-corrected chi connectivity index (χ1v) is 5.65. The Bertz CT molecular complexity index is 471. The van der Waals surface area contributed by atoms with Gasteiger partial charge in [-0.3, -0.25) is 4.79 Å². The van der Waals surface area contributed by atoms with Gasteiger partial charge in [0, 0.05) is 12.2 Å². The van der Waals surface area contributed by atoms with E-state index in [0.29, 0.717) is 11.4 Å². The minimum absolute atomic E-state index is 0.152. The summed E-state index contributed by atoms with van der Waals surface area (Å²) in [6.45, 7) is -0.161. The maximum absolute atomic E-state index is 11.6. The minimum atomic E-state index is -0.941. The van der Waals surface area contributed by atoms with Crippen LogP contribution in [0.2, 0.25) is 0 Å². The van der Waals surface area contributed by atoms with E-state index in [2.05, 4.69) is 9.72 Å². The molecule has 2 rings (SSSR count). The summed E-state index contributed by atoms with van der Waals surface area (Å²) in [6, 6.07) is 3.37. The second-order valence-corrected chi connectivity index (χ2v) is 4.12. The van der Waals surface area contributed by atoms with Crippen LogP contribution in [0.25, 0.3) is 0 Å². The van der Waals surface area contributed by atoms with Gasteiger partial charge in [0.1, 0.15) is 17.9 Å². The van der Waals surface area contributed by atoms with E-state index in [1.165, 1.54) is 7.11 Å². The molecule has 1 fully saturated rings. The summed E-state index contributed by atoms with van der Waals surface area (Å²) in [4.78, 5) is 28.3. The van der Waals surface area contributed by atoms with Crippen LogP contribution in [0.15, 0.2) is 18.3 Å². The number of pyridine rings is 1. The summed E-state index contributed by atoms with van der Waals surface area (Å²) in [5.41, 5.74) is 0.299. The highest BCUT2D eigenvalue weighted by Gasteiger charge is 2.33. The van der Waals surface area contributed by atoms with Crippen molar-refractivity contribution < 1.29 is 19.4 Å². The predicted octanol–water partition coefficient (Wildman–Crippen LogP) is 0.922. The van der Waals surface area contributed by atoms with Gasteiger partial charge in [-0.25, -0.2) is 9.78 Å². The number of ether oxygens (including phenoxy) is 1. The zero-order valence-electron chi connectivity index (χ0n) is 10.00. The lowest BCUT2D eigenvalue weighted by Gasteiger charge is -2.22. The molecular formula is C12H14N2O4. The van der Waals surface area contributed by atoms with Crippen LogP contribution in [-0.2, 0) is 9.53 Å². The number of carbonyl (C=O) groups is 2. The molecule has 6 nitrogen and oxygen atoms in total. The maximum Gasteiger partial charge on any atom is 0.341 e. The number of carboxylic acids is 1. The average molecular weight is 250 g/mol. The van der Waals surface area contributed by atoms with Gasteiger partial charge in [-0.2, -0.15) is 0 Å². The van der Waals surface area contributed by atoms with Crippen LogP contribution in [0, 0.1) is 0 Å². The molecule has 6 heteroatoms. The standard InChI is InChI=1S/C12H14N2O4/c1-18-12(17)9-3-2-6-13-11(9)14(7-10(15)16)8-4-5-8/h2-3,6,8H,4-5,7H2,1H3,(H,15,16). The average Bonchev–Trinajstić information content (AvgIpc) is 3.19. The molecule has 0 atom stereocenters. The Morgan fingerprint density at radius 2 is 2.28 bits per heavy atom. The number of nitrogens with zero attached hydrogens (tertiary/aromatic N) is 2. The largest absolute Gasteiger partial charge is 0.480 e. The van der Waals surface area contributed by atoms with Crippen molar-refractivity contribution in [2.75, 3.05) is 18.6 Å². The number of carboxylic acid groups (broad SMARTS) is 1. The van der Waals surface area contributed by atoms with E-state index in [1.807, 2.05) is 0 Å². The topological polar surface area (TPSA) is 79.7 Å². The first-order chi connectivity index (χ1) is 8.63. The number of hydrogen-bond donors (Lipinski definition) is 1. The van der Waals surface area contributed by atoms with Crippen LogP contribution in [0.5, 0.6) is 0 Å². The molecule has 96 valence electrons. The Morgan fingerprint density at radius 1 is 1.56 bits per heavy atom. The van der Waals surface area contributed by atoms with Gasteiger partial charge in [-0.15, -0.1) is 0 Å². The van der Waals surface area contributed by atoms with Gasteiger partial charge in [0.15, 0.2) is 0 Å². The number of anilines is 1. The summed E-state index contributed by atoms with van der Waals surface area (Å²) in [7, 11) is 1.29. The predicted molar refractivity (Wildman–Crippen MR) is 63.6 cm³/mol. The van der Waals surface area contributed by atoms with Crippen LogP contribution in [0.1, 0.15) is 23.2 Å². The summed E-state index contributed by atoms with van der Waals surface area (Å²) in [5.74, 6) is -1.06. The number of hydrogen-bond acceptors (Lipinski definition) is 5. The van der Waals surface area contributed by atoms with Gasteiger partial charge in [0.2, 0.25) is 0 Å². The molecule has 1 N–H and O–H groups in total. The maximum atomic E-state index is 11.6. The van der Waals surface area contributed by atoms with Gasteiger partial charge >= 0.3 is 11.9 Å².